The molecule has 0 radical (unpaired) electrons. The summed E-state index contributed by atoms with van der Waals surface area (Å²) in [5.74, 6) is 0. The third-order valence-corrected chi connectivity index (χ3v) is 1.01. The molecule has 10 heavy (non-hydrogen) atoms. The van der Waals surface area contributed by atoms with Crippen LogP contribution in [0.1, 0.15) is 5.69 Å². The van der Waals surface area contributed by atoms with Crippen molar-refractivity contribution in [1.29, 1.82) is 0 Å². The fraction of sp³-hybridized carbons (Fsp3) is 0. The summed E-state index contributed by atoms with van der Waals surface area (Å²) in [6.45, 7) is 3.38. The second-order valence-corrected chi connectivity index (χ2v) is 1.72. The van der Waals surface area contributed by atoms with Crippen molar-refractivity contribution in [2.24, 2.45) is 0 Å². The zero-order chi connectivity index (χ0) is 7.23. The van der Waals surface area contributed by atoms with E-state index in [0.29, 0.717) is 0 Å². The molecule has 0 N–H and O–H groups in total. The average Bonchev–Trinajstić information content (AvgIpc) is 2.03. The van der Waals surface area contributed by atoms with Crippen LogP contribution >= 0.6 is 0 Å². The third-order valence-electron chi connectivity index (χ3n) is 1.01. The maximum absolute atomic E-state index is 4.03. The molecule has 0 saturated heterocycles. The predicted molar refractivity (Wildman–Crippen MR) is 41.4 cm³/mol. The summed E-state index contributed by atoms with van der Waals surface area (Å²) in [5, 5.41) is 0. The maximum Gasteiger partial charge on any atom is 0.0713 e. The van der Waals surface area contributed by atoms with Gasteiger partial charge in [0.1, 0.15) is 0 Å². The van der Waals surface area contributed by atoms with Crippen molar-refractivity contribution in [3.05, 3.63) is 48.1 Å². The Balaban J connectivity index is 2.97. The molecule has 1 aromatic heterocycles. The smallest absolute Gasteiger partial charge is 0.0713 e. The van der Waals surface area contributed by atoms with E-state index >= 15 is 0 Å². The molecule has 0 fully saturated rings. The zero-order valence-corrected chi connectivity index (χ0v) is 5.54. The number of rotatable bonds is 1. The summed E-state index contributed by atoms with van der Waals surface area (Å²) < 4.78 is 0. The van der Waals surface area contributed by atoms with Crippen LogP contribution in [0.5, 0.6) is 0 Å². The molecule has 0 bridgehead atoms. The van der Waals surface area contributed by atoms with Gasteiger partial charge in [-0.1, -0.05) is 17.5 Å². The maximum atomic E-state index is 4.03. The van der Waals surface area contributed by atoms with Crippen molar-refractivity contribution in [1.82, 2.24) is 4.98 Å². The average molecular weight is 129 g/mol. The Morgan fingerprint density at radius 3 is 3.00 bits per heavy atom. The third kappa shape index (κ3) is 1.75. The normalized spacial score (nSPS) is 7.60. The molecule has 0 unspecified atom stereocenters. The van der Waals surface area contributed by atoms with E-state index < -0.39 is 0 Å². The monoisotopic (exact) mass is 129 g/mol. The van der Waals surface area contributed by atoms with E-state index in [1.54, 1.807) is 12.3 Å². The van der Waals surface area contributed by atoms with Crippen LogP contribution in [0.15, 0.2) is 42.4 Å². The Morgan fingerprint density at radius 1 is 1.50 bits per heavy atom. The van der Waals surface area contributed by atoms with E-state index in [1.165, 1.54) is 0 Å². The van der Waals surface area contributed by atoms with Gasteiger partial charge >= 0.3 is 0 Å². The first-order valence-electron chi connectivity index (χ1n) is 2.95. The lowest BCUT2D eigenvalue weighted by Crippen LogP contribution is -1.73. The highest BCUT2D eigenvalue weighted by Crippen LogP contribution is 1.93. The van der Waals surface area contributed by atoms with Crippen LogP contribution in [-0.4, -0.2) is 4.98 Å². The standard InChI is InChI=1S/C9H7N/c1-2-3-6-9-7-4-5-8-10-9/h4-8H,1H2. The summed E-state index contributed by atoms with van der Waals surface area (Å²) in [6.07, 6.45) is 3.46. The van der Waals surface area contributed by atoms with Gasteiger partial charge in [0.25, 0.3) is 0 Å². The minimum Gasteiger partial charge on any atom is -0.256 e. The molecule has 0 atom stereocenters. The highest BCUT2D eigenvalue weighted by atomic mass is 14.6. The van der Waals surface area contributed by atoms with Gasteiger partial charge in [-0.05, 0) is 18.7 Å². The van der Waals surface area contributed by atoms with Crippen molar-refractivity contribution >= 4 is 6.08 Å². The summed E-state index contributed by atoms with van der Waals surface area (Å²) in [7, 11) is 0. The number of pyridine rings is 1. The van der Waals surface area contributed by atoms with Gasteiger partial charge in [-0.15, -0.1) is 0 Å². The van der Waals surface area contributed by atoms with E-state index in [1.807, 2.05) is 18.2 Å². The topological polar surface area (TPSA) is 12.9 Å². The quantitative estimate of drug-likeness (QED) is 0.529. The summed E-state index contributed by atoms with van der Waals surface area (Å²) >= 11 is 0. The molecular weight excluding hydrogens is 122 g/mol. The lowest BCUT2D eigenvalue weighted by atomic mass is 10.3. The second-order valence-electron chi connectivity index (χ2n) is 1.72. The lowest BCUT2D eigenvalue weighted by molar-refractivity contribution is 1.30. The number of aromatic nitrogens is 1. The molecule has 48 valence electrons. The molecule has 0 spiro atoms. The van der Waals surface area contributed by atoms with Crippen LogP contribution in [-0.2, 0) is 0 Å². The van der Waals surface area contributed by atoms with E-state index in [2.05, 4.69) is 23.0 Å². The Labute approximate surface area is 60.0 Å². The molecular formula is C9H7N. The van der Waals surface area contributed by atoms with Gasteiger partial charge in [0, 0.05) is 12.3 Å². The minimum atomic E-state index is 0.874. The molecule has 0 aliphatic rings. The van der Waals surface area contributed by atoms with E-state index in [-0.39, 0.29) is 0 Å². The second kappa shape index (κ2) is 3.47. The van der Waals surface area contributed by atoms with Crippen LogP contribution < -0.4 is 0 Å². The molecule has 1 heterocycles. The van der Waals surface area contributed by atoms with Crippen molar-refractivity contribution in [3.8, 4) is 0 Å². The highest BCUT2D eigenvalue weighted by Gasteiger charge is 1.79. The Morgan fingerprint density at radius 2 is 2.40 bits per heavy atom. The first-order chi connectivity index (χ1) is 4.93. The number of nitrogens with zero attached hydrogens (tertiary/aromatic N) is 1. The fourth-order valence-corrected chi connectivity index (χ4v) is 0.586. The van der Waals surface area contributed by atoms with Gasteiger partial charge in [0.15, 0.2) is 0 Å². The summed E-state index contributed by atoms with van der Waals surface area (Å²) in [6, 6.07) is 5.68. The van der Waals surface area contributed by atoms with Crippen molar-refractivity contribution in [2.45, 2.75) is 0 Å². The SMILES string of the molecule is C=C=C=Cc1ccccn1. The molecule has 0 saturated carbocycles. The highest BCUT2D eigenvalue weighted by molar-refractivity contribution is 5.42. The minimum absolute atomic E-state index is 0.874. The van der Waals surface area contributed by atoms with Crippen molar-refractivity contribution in [3.63, 3.8) is 0 Å². The van der Waals surface area contributed by atoms with Crippen LogP contribution in [0, 0.1) is 0 Å². The first kappa shape index (κ1) is 6.57. The Hall–Kier alpha value is -1.55. The van der Waals surface area contributed by atoms with Gasteiger partial charge in [0.05, 0.1) is 5.69 Å². The fourth-order valence-electron chi connectivity index (χ4n) is 0.586. The van der Waals surface area contributed by atoms with Crippen LogP contribution in [0.3, 0.4) is 0 Å². The van der Waals surface area contributed by atoms with Crippen molar-refractivity contribution in [2.75, 3.05) is 0 Å². The molecule has 0 amide bonds. The van der Waals surface area contributed by atoms with E-state index in [0.717, 1.165) is 5.69 Å². The molecule has 0 aliphatic carbocycles. The summed E-state index contributed by atoms with van der Waals surface area (Å²) in [4.78, 5) is 4.03. The molecule has 1 rings (SSSR count). The predicted octanol–water partition coefficient (Wildman–Crippen LogP) is 2.03. The van der Waals surface area contributed by atoms with E-state index in [4.69, 9.17) is 0 Å². The zero-order valence-electron chi connectivity index (χ0n) is 5.54. The van der Waals surface area contributed by atoms with Gasteiger partial charge < -0.3 is 0 Å². The van der Waals surface area contributed by atoms with Crippen LogP contribution in [0.2, 0.25) is 0 Å². The molecule has 0 aliphatic heterocycles. The molecule has 1 nitrogen and oxygen atoms in total. The van der Waals surface area contributed by atoms with Crippen molar-refractivity contribution < 1.29 is 0 Å². The summed E-state index contributed by atoms with van der Waals surface area (Å²) in [5.41, 5.74) is 6.11. The molecule has 0 aromatic carbocycles. The molecule has 1 aromatic rings. The number of hydrogen-bond donors (Lipinski definition) is 0. The Bertz CT molecular complexity index is 275. The lowest BCUT2D eigenvalue weighted by Gasteiger charge is -1.84. The van der Waals surface area contributed by atoms with Gasteiger partial charge in [-0.3, -0.25) is 4.98 Å². The van der Waals surface area contributed by atoms with Gasteiger partial charge in [0.2, 0.25) is 0 Å². The first-order valence-corrected chi connectivity index (χ1v) is 2.95. The van der Waals surface area contributed by atoms with Crippen LogP contribution in [0.25, 0.3) is 6.08 Å². The van der Waals surface area contributed by atoms with Gasteiger partial charge in [-0.2, -0.15) is 0 Å². The molecule has 1 heteroatoms. The van der Waals surface area contributed by atoms with Gasteiger partial charge in [-0.25, -0.2) is 0 Å². The number of hydrogen-bond acceptors (Lipinski definition) is 1. The van der Waals surface area contributed by atoms with Crippen LogP contribution in [0.4, 0.5) is 0 Å². The Kier molecular flexibility index (Phi) is 2.28. The largest absolute Gasteiger partial charge is 0.256 e. The van der Waals surface area contributed by atoms with E-state index in [9.17, 15) is 0 Å².